The van der Waals surface area contributed by atoms with E-state index in [1.807, 2.05) is 17.5 Å². The molecule has 0 amide bonds. The van der Waals surface area contributed by atoms with Crippen LogP contribution in [0.4, 0.5) is 0 Å². The molecule has 0 aliphatic rings. The largest absolute Gasteiger partial charge is 0.219 e. The highest BCUT2D eigenvalue weighted by atomic mass is 35.5. The van der Waals surface area contributed by atoms with Gasteiger partial charge in [-0.3, -0.25) is 0 Å². The maximum atomic E-state index is 6.22. The Morgan fingerprint density at radius 2 is 2.11 bits per heavy atom. The molecule has 0 atom stereocenters. The fourth-order valence-electron chi connectivity index (χ4n) is 1.82. The smallest absolute Gasteiger partial charge is 0.138 e. The predicted molar refractivity (Wildman–Crippen MR) is 78.5 cm³/mol. The van der Waals surface area contributed by atoms with E-state index in [9.17, 15) is 0 Å². The van der Waals surface area contributed by atoms with Crippen LogP contribution in [0.1, 0.15) is 11.4 Å². The summed E-state index contributed by atoms with van der Waals surface area (Å²) < 4.78 is 1.73. The number of thiophene rings is 1. The quantitative estimate of drug-likeness (QED) is 0.725. The lowest BCUT2D eigenvalue weighted by Crippen LogP contribution is -2.04. The van der Waals surface area contributed by atoms with Gasteiger partial charge in [-0.25, -0.2) is 9.67 Å². The van der Waals surface area contributed by atoms with Gasteiger partial charge in [-0.2, -0.15) is 16.4 Å². The number of aromatic nitrogens is 3. The van der Waals surface area contributed by atoms with Crippen LogP contribution in [0.2, 0.25) is 10.0 Å². The van der Waals surface area contributed by atoms with Crippen LogP contribution in [0.25, 0.3) is 5.69 Å². The van der Waals surface area contributed by atoms with E-state index in [0.29, 0.717) is 16.5 Å². The number of hydrogen-bond donors (Lipinski definition) is 0. The van der Waals surface area contributed by atoms with Crippen LogP contribution in [-0.2, 0) is 6.42 Å². The Labute approximate surface area is 124 Å². The standard InChI is InChI=1S/C13H9Cl2N3S/c14-10-2-1-3-11(13(10)15)18-12(16-8-17-18)6-9-4-5-19-7-9/h1-5,7-8H,6H2. The van der Waals surface area contributed by atoms with Crippen molar-refractivity contribution in [2.24, 2.45) is 0 Å². The van der Waals surface area contributed by atoms with Crippen LogP contribution >= 0.6 is 34.5 Å². The van der Waals surface area contributed by atoms with Crippen molar-refractivity contribution >= 4 is 34.5 Å². The fourth-order valence-corrected chi connectivity index (χ4v) is 2.86. The van der Waals surface area contributed by atoms with E-state index >= 15 is 0 Å². The van der Waals surface area contributed by atoms with E-state index in [0.717, 1.165) is 11.5 Å². The molecule has 19 heavy (non-hydrogen) atoms. The zero-order chi connectivity index (χ0) is 13.2. The van der Waals surface area contributed by atoms with Gasteiger partial charge in [-0.15, -0.1) is 0 Å². The molecule has 0 saturated heterocycles. The first-order valence-electron chi connectivity index (χ1n) is 5.60. The van der Waals surface area contributed by atoms with Crippen LogP contribution in [0.15, 0.2) is 41.4 Å². The molecule has 0 saturated carbocycles. The maximum absolute atomic E-state index is 6.22. The number of benzene rings is 1. The number of hydrogen-bond acceptors (Lipinski definition) is 3. The summed E-state index contributed by atoms with van der Waals surface area (Å²) in [6.45, 7) is 0. The summed E-state index contributed by atoms with van der Waals surface area (Å²) >= 11 is 13.9. The number of nitrogens with zero attached hydrogens (tertiary/aromatic N) is 3. The molecule has 3 nitrogen and oxygen atoms in total. The first kappa shape index (κ1) is 12.7. The topological polar surface area (TPSA) is 30.7 Å². The van der Waals surface area contributed by atoms with E-state index in [2.05, 4.69) is 21.5 Å². The molecule has 0 unspecified atom stereocenters. The number of halogens is 2. The van der Waals surface area contributed by atoms with Crippen LogP contribution in [0, 0.1) is 0 Å². The molecule has 6 heteroatoms. The summed E-state index contributed by atoms with van der Waals surface area (Å²) in [7, 11) is 0. The zero-order valence-electron chi connectivity index (χ0n) is 9.75. The minimum Gasteiger partial charge on any atom is -0.219 e. The Hall–Kier alpha value is -1.36. The normalized spacial score (nSPS) is 10.8. The van der Waals surface area contributed by atoms with Crippen molar-refractivity contribution in [1.82, 2.24) is 14.8 Å². The Morgan fingerprint density at radius 3 is 2.89 bits per heavy atom. The Balaban J connectivity index is 2.02. The average molecular weight is 310 g/mol. The lowest BCUT2D eigenvalue weighted by Gasteiger charge is -2.08. The van der Waals surface area contributed by atoms with Gasteiger partial charge in [-0.05, 0) is 34.5 Å². The summed E-state index contributed by atoms with van der Waals surface area (Å²) in [4.78, 5) is 4.29. The van der Waals surface area contributed by atoms with Gasteiger partial charge in [-0.1, -0.05) is 29.3 Å². The summed E-state index contributed by atoms with van der Waals surface area (Å²) in [6, 6.07) is 7.55. The Morgan fingerprint density at radius 1 is 1.21 bits per heavy atom. The van der Waals surface area contributed by atoms with Crippen LogP contribution in [0.3, 0.4) is 0 Å². The summed E-state index contributed by atoms with van der Waals surface area (Å²) in [5, 5.41) is 9.37. The van der Waals surface area contributed by atoms with Crippen LogP contribution < -0.4 is 0 Å². The maximum Gasteiger partial charge on any atom is 0.138 e. The zero-order valence-corrected chi connectivity index (χ0v) is 12.1. The SMILES string of the molecule is Clc1cccc(-n2ncnc2Cc2ccsc2)c1Cl. The molecule has 3 aromatic rings. The monoisotopic (exact) mass is 309 g/mol. The molecule has 0 bridgehead atoms. The van der Waals surface area contributed by atoms with Gasteiger partial charge in [0.2, 0.25) is 0 Å². The molecule has 0 spiro atoms. The molecule has 3 rings (SSSR count). The van der Waals surface area contributed by atoms with Crippen molar-refractivity contribution in [1.29, 1.82) is 0 Å². The van der Waals surface area contributed by atoms with Gasteiger partial charge in [0.05, 0.1) is 15.7 Å². The predicted octanol–water partition coefficient (Wildman–Crippen LogP) is 4.23. The summed E-state index contributed by atoms with van der Waals surface area (Å²) in [5.41, 5.74) is 1.95. The lowest BCUT2D eigenvalue weighted by atomic mass is 10.2. The second kappa shape index (κ2) is 5.33. The van der Waals surface area contributed by atoms with E-state index in [1.165, 1.54) is 11.9 Å². The third-order valence-corrected chi connectivity index (χ3v) is 4.26. The highest BCUT2D eigenvalue weighted by molar-refractivity contribution is 7.07. The van der Waals surface area contributed by atoms with Crippen molar-refractivity contribution in [3.63, 3.8) is 0 Å². The van der Waals surface area contributed by atoms with Crippen LogP contribution in [-0.4, -0.2) is 14.8 Å². The van der Waals surface area contributed by atoms with Crippen molar-refractivity contribution in [2.45, 2.75) is 6.42 Å². The molecule has 0 radical (unpaired) electrons. The molecular formula is C13H9Cl2N3S. The van der Waals surface area contributed by atoms with E-state index in [-0.39, 0.29) is 0 Å². The summed E-state index contributed by atoms with van der Waals surface area (Å²) in [6.07, 6.45) is 2.24. The Bertz CT molecular complexity index is 692. The van der Waals surface area contributed by atoms with Crippen molar-refractivity contribution in [2.75, 3.05) is 0 Å². The first-order chi connectivity index (χ1) is 9.25. The molecule has 0 N–H and O–H groups in total. The molecule has 2 aromatic heterocycles. The van der Waals surface area contributed by atoms with E-state index in [4.69, 9.17) is 23.2 Å². The van der Waals surface area contributed by atoms with Gasteiger partial charge in [0.1, 0.15) is 12.2 Å². The third-order valence-electron chi connectivity index (χ3n) is 2.72. The molecule has 2 heterocycles. The second-order valence-corrected chi connectivity index (χ2v) is 5.53. The minimum atomic E-state index is 0.487. The van der Waals surface area contributed by atoms with Crippen molar-refractivity contribution < 1.29 is 0 Å². The average Bonchev–Trinajstić information content (AvgIpc) is 3.05. The molecule has 1 aromatic carbocycles. The second-order valence-electron chi connectivity index (χ2n) is 3.97. The van der Waals surface area contributed by atoms with Gasteiger partial charge in [0, 0.05) is 6.42 Å². The van der Waals surface area contributed by atoms with E-state index in [1.54, 1.807) is 22.1 Å². The molecule has 0 aliphatic heterocycles. The molecule has 0 aliphatic carbocycles. The highest BCUT2D eigenvalue weighted by Crippen LogP contribution is 2.28. The molecule has 96 valence electrons. The van der Waals surface area contributed by atoms with Crippen molar-refractivity contribution in [3.05, 3.63) is 62.8 Å². The summed E-state index contributed by atoms with van der Waals surface area (Å²) in [5.74, 6) is 0.836. The van der Waals surface area contributed by atoms with Gasteiger partial charge < -0.3 is 0 Å². The Kier molecular flexibility index (Phi) is 3.55. The molecular weight excluding hydrogens is 301 g/mol. The van der Waals surface area contributed by atoms with Gasteiger partial charge >= 0.3 is 0 Å². The highest BCUT2D eigenvalue weighted by Gasteiger charge is 2.12. The van der Waals surface area contributed by atoms with Gasteiger partial charge in [0.25, 0.3) is 0 Å². The minimum absolute atomic E-state index is 0.487. The first-order valence-corrected chi connectivity index (χ1v) is 7.30. The van der Waals surface area contributed by atoms with Gasteiger partial charge in [0.15, 0.2) is 0 Å². The number of rotatable bonds is 3. The third kappa shape index (κ3) is 2.52. The van der Waals surface area contributed by atoms with Crippen molar-refractivity contribution in [3.8, 4) is 5.69 Å². The fraction of sp³-hybridized carbons (Fsp3) is 0.0769. The van der Waals surface area contributed by atoms with E-state index < -0.39 is 0 Å². The lowest BCUT2D eigenvalue weighted by molar-refractivity contribution is 0.814. The molecule has 0 fully saturated rings. The van der Waals surface area contributed by atoms with Crippen LogP contribution in [0.5, 0.6) is 0 Å².